The van der Waals surface area contributed by atoms with Crippen molar-refractivity contribution in [2.45, 2.75) is 141 Å². The van der Waals surface area contributed by atoms with Gasteiger partial charge in [0.15, 0.2) is 0 Å². The van der Waals surface area contributed by atoms with Crippen LogP contribution in [0.4, 0.5) is 0 Å². The van der Waals surface area contributed by atoms with Crippen molar-refractivity contribution in [3.8, 4) is 0 Å². The van der Waals surface area contributed by atoms with Gasteiger partial charge in [-0.2, -0.15) is 0 Å². The van der Waals surface area contributed by atoms with Gasteiger partial charge in [-0.05, 0) is 119 Å². The van der Waals surface area contributed by atoms with Crippen molar-refractivity contribution < 1.29 is 0 Å². The molecule has 4 aliphatic carbocycles. The summed E-state index contributed by atoms with van der Waals surface area (Å²) in [7, 11) is 0. The van der Waals surface area contributed by atoms with E-state index in [1.165, 1.54) is 57.8 Å². The zero-order chi connectivity index (χ0) is 26.8. The van der Waals surface area contributed by atoms with E-state index in [0.717, 1.165) is 71.0 Å². The maximum absolute atomic E-state index is 2.80. The van der Waals surface area contributed by atoms with Crippen molar-refractivity contribution in [1.29, 1.82) is 0 Å². The van der Waals surface area contributed by atoms with E-state index in [4.69, 9.17) is 0 Å². The van der Waals surface area contributed by atoms with Gasteiger partial charge in [-0.1, -0.05) is 109 Å². The summed E-state index contributed by atoms with van der Waals surface area (Å²) in [6, 6.07) is 0. The highest BCUT2D eigenvalue weighted by Crippen LogP contribution is 2.75. The first kappa shape index (κ1) is 29.0. The molecule has 4 saturated carbocycles. The molecule has 13 atom stereocenters. The second-order valence-electron chi connectivity index (χ2n) is 16.7. The molecule has 13 unspecified atom stereocenters. The van der Waals surface area contributed by atoms with E-state index >= 15 is 0 Å². The molecular formula is C36H66. The summed E-state index contributed by atoms with van der Waals surface area (Å²) >= 11 is 0. The molecule has 210 valence electrons. The lowest BCUT2D eigenvalue weighted by atomic mass is 9.32. The molecule has 4 rings (SSSR count). The first-order valence-corrected chi connectivity index (χ1v) is 16.8. The third kappa shape index (κ3) is 4.28. The van der Waals surface area contributed by atoms with Gasteiger partial charge >= 0.3 is 0 Å². The molecular weight excluding hydrogens is 432 g/mol. The fraction of sp³-hybridized carbons (Fsp3) is 1.00. The highest BCUT2D eigenvalue weighted by Gasteiger charge is 2.68. The Hall–Kier alpha value is 0. The third-order valence-electron chi connectivity index (χ3n) is 14.8. The zero-order valence-electron chi connectivity index (χ0n) is 26.8. The topological polar surface area (TPSA) is 0 Å². The molecule has 36 heavy (non-hydrogen) atoms. The van der Waals surface area contributed by atoms with Crippen molar-refractivity contribution in [2.75, 3.05) is 0 Å². The Bertz CT molecular complexity index is 747. The average molecular weight is 499 g/mol. The van der Waals surface area contributed by atoms with Crippen LogP contribution in [-0.2, 0) is 0 Å². The van der Waals surface area contributed by atoms with Gasteiger partial charge in [0.25, 0.3) is 0 Å². The van der Waals surface area contributed by atoms with Crippen molar-refractivity contribution in [1.82, 2.24) is 0 Å². The molecule has 0 aromatic heterocycles. The van der Waals surface area contributed by atoms with Crippen molar-refractivity contribution in [3.05, 3.63) is 0 Å². The zero-order valence-corrected chi connectivity index (χ0v) is 26.8. The molecule has 0 heteroatoms. The van der Waals surface area contributed by atoms with Gasteiger partial charge in [-0.15, -0.1) is 0 Å². The summed E-state index contributed by atoms with van der Waals surface area (Å²) in [5.41, 5.74) is 1.48. The highest BCUT2D eigenvalue weighted by molar-refractivity contribution is 5.16. The van der Waals surface area contributed by atoms with Crippen LogP contribution in [0.25, 0.3) is 0 Å². The van der Waals surface area contributed by atoms with Gasteiger partial charge in [-0.3, -0.25) is 0 Å². The first-order valence-electron chi connectivity index (χ1n) is 16.8. The normalized spacial score (nSPS) is 53.2. The maximum atomic E-state index is 2.80. The van der Waals surface area contributed by atoms with Gasteiger partial charge in [0.1, 0.15) is 0 Å². The Balaban J connectivity index is 1.68. The molecule has 0 aliphatic heterocycles. The van der Waals surface area contributed by atoms with Crippen LogP contribution in [0.3, 0.4) is 0 Å². The lowest BCUT2D eigenvalue weighted by molar-refractivity contribution is -0.247. The molecule has 4 aliphatic rings. The number of hydrogen-bond acceptors (Lipinski definition) is 0. The molecule has 0 aromatic carbocycles. The number of fused-ring (bicyclic) bond motifs is 3. The fourth-order valence-electron chi connectivity index (χ4n) is 13.4. The molecule has 0 heterocycles. The monoisotopic (exact) mass is 499 g/mol. The van der Waals surface area contributed by atoms with Gasteiger partial charge in [0, 0.05) is 0 Å². The minimum atomic E-state index is 0.465. The van der Waals surface area contributed by atoms with Crippen LogP contribution in [0, 0.1) is 87.3 Å². The van der Waals surface area contributed by atoms with Crippen molar-refractivity contribution >= 4 is 0 Å². The molecule has 4 fully saturated rings. The Morgan fingerprint density at radius 2 is 1.44 bits per heavy atom. The third-order valence-corrected chi connectivity index (χ3v) is 14.8. The van der Waals surface area contributed by atoms with Gasteiger partial charge < -0.3 is 0 Å². The van der Waals surface area contributed by atoms with E-state index < -0.39 is 0 Å². The van der Waals surface area contributed by atoms with Crippen LogP contribution >= 0.6 is 0 Å². The molecule has 0 nitrogen and oxygen atoms in total. The minimum absolute atomic E-state index is 0.465. The Morgan fingerprint density at radius 3 is 2.03 bits per heavy atom. The molecule has 0 bridgehead atoms. The van der Waals surface area contributed by atoms with Crippen LogP contribution < -0.4 is 0 Å². The van der Waals surface area contributed by atoms with Gasteiger partial charge in [0.2, 0.25) is 0 Å². The fourth-order valence-corrected chi connectivity index (χ4v) is 13.4. The summed E-state index contributed by atoms with van der Waals surface area (Å²) < 4.78 is 0. The van der Waals surface area contributed by atoms with E-state index in [-0.39, 0.29) is 0 Å². The lowest BCUT2D eigenvalue weighted by Gasteiger charge is -2.73. The van der Waals surface area contributed by atoms with Crippen molar-refractivity contribution in [3.63, 3.8) is 0 Å². The summed E-state index contributed by atoms with van der Waals surface area (Å²) in [4.78, 5) is 0. The first-order chi connectivity index (χ1) is 16.8. The minimum Gasteiger partial charge on any atom is -0.0651 e. The highest BCUT2D eigenvalue weighted by atomic mass is 14.7. The molecule has 0 spiro atoms. The Labute approximate surface area is 227 Å². The van der Waals surface area contributed by atoms with Gasteiger partial charge in [0.05, 0.1) is 0 Å². The number of rotatable bonds is 6. The summed E-state index contributed by atoms with van der Waals surface area (Å²) in [5.74, 6) is 10.8. The summed E-state index contributed by atoms with van der Waals surface area (Å²) in [5, 5.41) is 0. The summed E-state index contributed by atoms with van der Waals surface area (Å²) in [6.07, 6.45) is 13.3. The SMILES string of the molecule is CCC(CC)CCC1CCC(C)C2C(C)C3C(C)C4(C)C(C)C(C(C)C)C(C)CC4(C)CC3(C)CC12. The molecule has 0 saturated heterocycles. The second-order valence-corrected chi connectivity index (χ2v) is 16.7. The standard InChI is InChI=1S/C36H66/c1-13-28(14-2)16-18-29-17-15-23(5)32-25(7)33-27(9)36(12)26(8)31(22(3)4)24(6)19-35(36,11)21-34(33,10)20-30(29)32/h22-33H,13-21H2,1-12H3. The van der Waals surface area contributed by atoms with Crippen LogP contribution in [-0.4, -0.2) is 0 Å². The van der Waals surface area contributed by atoms with Crippen LogP contribution in [0.1, 0.15) is 141 Å². The van der Waals surface area contributed by atoms with E-state index in [0.29, 0.717) is 16.2 Å². The Morgan fingerprint density at radius 1 is 0.806 bits per heavy atom. The molecule has 0 radical (unpaired) electrons. The number of hydrogen-bond donors (Lipinski definition) is 0. The van der Waals surface area contributed by atoms with Crippen LogP contribution in [0.15, 0.2) is 0 Å². The molecule has 0 amide bonds. The quantitative estimate of drug-likeness (QED) is 0.341. The van der Waals surface area contributed by atoms with Crippen molar-refractivity contribution in [2.24, 2.45) is 87.3 Å². The van der Waals surface area contributed by atoms with E-state index in [2.05, 4.69) is 83.1 Å². The van der Waals surface area contributed by atoms with E-state index in [1.807, 2.05) is 0 Å². The smallest absolute Gasteiger partial charge is 0.0215 e. The van der Waals surface area contributed by atoms with Gasteiger partial charge in [-0.25, -0.2) is 0 Å². The molecule has 0 aromatic rings. The average Bonchev–Trinajstić information content (AvgIpc) is 2.77. The van der Waals surface area contributed by atoms with E-state index in [1.54, 1.807) is 0 Å². The van der Waals surface area contributed by atoms with Crippen LogP contribution in [0.5, 0.6) is 0 Å². The predicted octanol–water partition coefficient (Wildman–Crippen LogP) is 11.1. The second kappa shape index (κ2) is 10.2. The lowest BCUT2D eigenvalue weighted by Crippen LogP contribution is -2.67. The Kier molecular flexibility index (Phi) is 8.21. The van der Waals surface area contributed by atoms with Crippen LogP contribution in [0.2, 0.25) is 0 Å². The predicted molar refractivity (Wildman–Crippen MR) is 159 cm³/mol. The largest absolute Gasteiger partial charge is 0.0651 e. The summed E-state index contributed by atoms with van der Waals surface area (Å²) in [6.45, 7) is 31.7. The molecule has 0 N–H and O–H groups in total. The van der Waals surface area contributed by atoms with E-state index in [9.17, 15) is 0 Å². The maximum Gasteiger partial charge on any atom is -0.0215 e.